The number of rotatable bonds is 7. The van der Waals surface area contributed by atoms with E-state index in [9.17, 15) is 0 Å². The Bertz CT molecular complexity index is 3900. The lowest BCUT2D eigenvalue weighted by Gasteiger charge is -2.33. The maximum atomic E-state index is 2.55. The van der Waals surface area contributed by atoms with Gasteiger partial charge in [0.2, 0.25) is 0 Å². The molecule has 0 unspecified atom stereocenters. The molecule has 70 heavy (non-hydrogen) atoms. The quantitative estimate of drug-likeness (QED) is 0.144. The average Bonchev–Trinajstić information content (AvgIpc) is 3.91. The highest BCUT2D eigenvalue weighted by atomic mass is 15.1. The smallest absolute Gasteiger partial charge is 0.0726 e. The van der Waals surface area contributed by atoms with Crippen LogP contribution in [0.4, 0.5) is 17.1 Å². The SMILES string of the molecule is c1ccc(-c2ccc(-c3ccc(-c4ccc(N(c5ccc6c(c5)C5(c7ccccc7-c7ccccc75)c5ccccc5-6)c5c(-c6ccccc6)c6ccccc6c6ccccc56)cc4)cc3)cc2)cc1. The Labute approximate surface area is 408 Å². The molecule has 14 rings (SSSR count). The summed E-state index contributed by atoms with van der Waals surface area (Å²) >= 11 is 0. The van der Waals surface area contributed by atoms with Crippen LogP contribution in [0.3, 0.4) is 0 Å². The third-order valence-corrected chi connectivity index (χ3v) is 15.1. The molecule has 0 heterocycles. The van der Waals surface area contributed by atoms with Crippen molar-refractivity contribution in [3.8, 4) is 66.8 Å². The second-order valence-corrected chi connectivity index (χ2v) is 18.7. The summed E-state index contributed by atoms with van der Waals surface area (Å²) in [7, 11) is 0. The lowest BCUT2D eigenvalue weighted by molar-refractivity contribution is 0.793. The molecule has 0 fully saturated rings. The number of benzene rings is 12. The van der Waals surface area contributed by atoms with Crippen LogP contribution >= 0.6 is 0 Å². The fraction of sp³-hybridized carbons (Fsp3) is 0.0145. The minimum Gasteiger partial charge on any atom is -0.309 e. The largest absolute Gasteiger partial charge is 0.309 e. The van der Waals surface area contributed by atoms with E-state index in [4.69, 9.17) is 0 Å². The molecule has 12 aromatic carbocycles. The third kappa shape index (κ3) is 6.05. The first-order chi connectivity index (χ1) is 34.7. The van der Waals surface area contributed by atoms with Gasteiger partial charge in [-0.05, 0) is 124 Å². The predicted octanol–water partition coefficient (Wildman–Crippen LogP) is 18.5. The van der Waals surface area contributed by atoms with Crippen molar-refractivity contribution in [1.29, 1.82) is 0 Å². The molecule has 0 radical (unpaired) electrons. The van der Waals surface area contributed by atoms with Crippen molar-refractivity contribution in [3.63, 3.8) is 0 Å². The van der Waals surface area contributed by atoms with Gasteiger partial charge in [-0.25, -0.2) is 0 Å². The van der Waals surface area contributed by atoms with Crippen molar-refractivity contribution in [3.05, 3.63) is 295 Å². The Kier molecular flexibility index (Phi) is 9.19. The summed E-state index contributed by atoms with van der Waals surface area (Å²) in [4.78, 5) is 2.55. The van der Waals surface area contributed by atoms with Crippen molar-refractivity contribution in [2.24, 2.45) is 0 Å². The first kappa shape index (κ1) is 40.1. The normalized spacial score (nSPS) is 12.7. The van der Waals surface area contributed by atoms with E-state index in [1.807, 2.05) is 0 Å². The van der Waals surface area contributed by atoms with E-state index >= 15 is 0 Å². The van der Waals surface area contributed by atoms with Crippen molar-refractivity contribution in [2.45, 2.75) is 5.41 Å². The van der Waals surface area contributed by atoms with Crippen LogP contribution < -0.4 is 4.90 Å². The highest BCUT2D eigenvalue weighted by Crippen LogP contribution is 2.63. The van der Waals surface area contributed by atoms with Crippen LogP contribution in [0.15, 0.2) is 273 Å². The van der Waals surface area contributed by atoms with Crippen LogP contribution in [0, 0.1) is 0 Å². The van der Waals surface area contributed by atoms with E-state index in [1.165, 1.54) is 111 Å². The Balaban J connectivity index is 0.969. The molecule has 12 aromatic rings. The van der Waals surface area contributed by atoms with Crippen molar-refractivity contribution >= 4 is 38.6 Å². The first-order valence-electron chi connectivity index (χ1n) is 24.3. The topological polar surface area (TPSA) is 3.24 Å². The second kappa shape index (κ2) is 16.0. The van der Waals surface area contributed by atoms with E-state index in [0.29, 0.717) is 0 Å². The second-order valence-electron chi connectivity index (χ2n) is 18.7. The minimum absolute atomic E-state index is 0.478. The Morgan fingerprint density at radius 2 is 0.571 bits per heavy atom. The van der Waals surface area contributed by atoms with E-state index in [0.717, 1.165) is 17.1 Å². The summed E-state index contributed by atoms with van der Waals surface area (Å²) in [5.41, 5.74) is 23.0. The van der Waals surface area contributed by atoms with Crippen LogP contribution in [-0.4, -0.2) is 0 Å². The monoisotopic (exact) mass is 887 g/mol. The van der Waals surface area contributed by atoms with Gasteiger partial charge in [0.1, 0.15) is 0 Å². The van der Waals surface area contributed by atoms with Crippen molar-refractivity contribution in [1.82, 2.24) is 0 Å². The molecule has 0 saturated carbocycles. The predicted molar refractivity (Wildman–Crippen MR) is 294 cm³/mol. The van der Waals surface area contributed by atoms with Gasteiger partial charge in [-0.1, -0.05) is 249 Å². The van der Waals surface area contributed by atoms with Gasteiger partial charge in [-0.15, -0.1) is 0 Å². The molecule has 1 heteroatoms. The highest BCUT2D eigenvalue weighted by molar-refractivity contribution is 6.22. The van der Waals surface area contributed by atoms with Gasteiger partial charge >= 0.3 is 0 Å². The Morgan fingerprint density at radius 1 is 0.229 bits per heavy atom. The van der Waals surface area contributed by atoms with Gasteiger partial charge in [0, 0.05) is 22.3 Å². The number of anilines is 3. The molecular formula is C69H45N. The third-order valence-electron chi connectivity index (χ3n) is 15.1. The number of nitrogens with zero attached hydrogens (tertiary/aromatic N) is 1. The highest BCUT2D eigenvalue weighted by Gasteiger charge is 2.51. The number of hydrogen-bond donors (Lipinski definition) is 0. The Hall–Kier alpha value is -9.04. The van der Waals surface area contributed by atoms with Gasteiger partial charge in [-0.3, -0.25) is 0 Å². The molecule has 0 saturated heterocycles. The first-order valence-corrected chi connectivity index (χ1v) is 24.3. The maximum Gasteiger partial charge on any atom is 0.0726 e. The summed E-state index contributed by atoms with van der Waals surface area (Å²) in [6, 6.07) is 101. The molecule has 0 atom stereocenters. The molecule has 0 aromatic heterocycles. The summed E-state index contributed by atoms with van der Waals surface area (Å²) in [6.45, 7) is 0. The molecule has 0 N–H and O–H groups in total. The molecule has 1 nitrogen and oxygen atoms in total. The molecule has 0 aliphatic heterocycles. The lowest BCUT2D eigenvalue weighted by atomic mass is 9.70. The van der Waals surface area contributed by atoms with Crippen LogP contribution in [0.5, 0.6) is 0 Å². The van der Waals surface area contributed by atoms with Gasteiger partial charge in [0.05, 0.1) is 11.1 Å². The lowest BCUT2D eigenvalue weighted by Crippen LogP contribution is -2.26. The molecule has 1 spiro atoms. The Morgan fingerprint density at radius 3 is 1.07 bits per heavy atom. The van der Waals surface area contributed by atoms with E-state index < -0.39 is 5.41 Å². The fourth-order valence-corrected chi connectivity index (χ4v) is 12.0. The van der Waals surface area contributed by atoms with Gasteiger partial charge < -0.3 is 4.90 Å². The van der Waals surface area contributed by atoms with Crippen molar-refractivity contribution in [2.75, 3.05) is 4.90 Å². The summed E-state index contributed by atoms with van der Waals surface area (Å²) in [5.74, 6) is 0. The number of hydrogen-bond acceptors (Lipinski definition) is 1. The van der Waals surface area contributed by atoms with E-state index in [2.05, 4.69) is 278 Å². The zero-order valence-electron chi connectivity index (χ0n) is 38.4. The van der Waals surface area contributed by atoms with Crippen LogP contribution in [-0.2, 0) is 5.41 Å². The summed E-state index contributed by atoms with van der Waals surface area (Å²) in [6.07, 6.45) is 0. The zero-order valence-corrected chi connectivity index (χ0v) is 38.4. The molecular weight excluding hydrogens is 843 g/mol. The molecule has 2 aliphatic carbocycles. The summed E-state index contributed by atoms with van der Waals surface area (Å²) < 4.78 is 0. The molecule has 2 aliphatic rings. The molecule has 0 bridgehead atoms. The van der Waals surface area contributed by atoms with E-state index in [1.54, 1.807) is 0 Å². The van der Waals surface area contributed by atoms with Gasteiger partial charge in [-0.2, -0.15) is 0 Å². The average molecular weight is 888 g/mol. The van der Waals surface area contributed by atoms with Gasteiger partial charge in [0.25, 0.3) is 0 Å². The van der Waals surface area contributed by atoms with Crippen LogP contribution in [0.2, 0.25) is 0 Å². The van der Waals surface area contributed by atoms with Gasteiger partial charge in [0.15, 0.2) is 0 Å². The summed E-state index contributed by atoms with van der Waals surface area (Å²) in [5, 5.41) is 4.90. The fourth-order valence-electron chi connectivity index (χ4n) is 12.0. The van der Waals surface area contributed by atoms with Crippen LogP contribution in [0.1, 0.15) is 22.3 Å². The molecule has 0 amide bonds. The number of fused-ring (bicyclic) bond motifs is 13. The maximum absolute atomic E-state index is 2.55. The van der Waals surface area contributed by atoms with Crippen molar-refractivity contribution < 1.29 is 0 Å². The van der Waals surface area contributed by atoms with E-state index in [-0.39, 0.29) is 0 Å². The van der Waals surface area contributed by atoms with Crippen LogP contribution in [0.25, 0.3) is 88.3 Å². The zero-order chi connectivity index (χ0) is 46.2. The minimum atomic E-state index is -0.478. The molecule has 326 valence electrons. The standard InChI is InChI=1S/C69H45N/c1-3-17-46(18-4-1)47-31-33-48(34-32-47)49-35-37-50(38-36-49)51-39-41-53(42-40-51)70(68-62-27-10-8-22-56(62)55-21-7-9-26-61(55)67(68)52-19-5-2-6-20-52)54-43-44-60-59-25-13-16-30-65(59)69(66(60)45-54)63-28-14-11-23-57(63)58-24-12-15-29-64(58)69/h1-45H.